The summed E-state index contributed by atoms with van der Waals surface area (Å²) in [4.78, 5) is 10.6. The summed E-state index contributed by atoms with van der Waals surface area (Å²) in [6, 6.07) is 1.86. The third kappa shape index (κ3) is 5.26. The third-order valence-electron chi connectivity index (χ3n) is 1.43. The molecule has 1 amide bonds. The largest absolute Gasteiger partial charge is 0.317 e. The molecule has 0 bridgehead atoms. The first-order chi connectivity index (χ1) is 6.11. The van der Waals surface area contributed by atoms with Crippen LogP contribution in [-0.4, -0.2) is 5.91 Å². The number of carbonyl (C=O) groups is 1. The molecule has 4 heteroatoms. The zero-order valence-electron chi connectivity index (χ0n) is 7.85. The molecule has 0 atom stereocenters. The maximum Gasteiger partial charge on any atom is 0.221 e. The van der Waals surface area contributed by atoms with Crippen molar-refractivity contribution in [3.8, 4) is 6.07 Å². The fourth-order valence-electron chi connectivity index (χ4n) is 0.789. The van der Waals surface area contributed by atoms with Crippen LogP contribution < -0.4 is 5.32 Å². The maximum atomic E-state index is 10.6. The molecule has 13 heavy (non-hydrogen) atoms. The van der Waals surface area contributed by atoms with Gasteiger partial charge in [0.1, 0.15) is 11.8 Å². The van der Waals surface area contributed by atoms with Gasteiger partial charge in [-0.2, -0.15) is 5.26 Å². The number of rotatable bonds is 4. The van der Waals surface area contributed by atoms with Crippen LogP contribution >= 0.6 is 11.6 Å². The van der Waals surface area contributed by atoms with Crippen molar-refractivity contribution in [1.29, 1.82) is 5.26 Å². The van der Waals surface area contributed by atoms with Crippen molar-refractivity contribution in [2.75, 3.05) is 0 Å². The van der Waals surface area contributed by atoms with Crippen LogP contribution in [0.25, 0.3) is 0 Å². The fraction of sp³-hybridized carbons (Fsp3) is 0.556. The van der Waals surface area contributed by atoms with Gasteiger partial charge in [-0.15, -0.1) is 0 Å². The Morgan fingerprint density at radius 2 is 2.23 bits per heavy atom. The zero-order valence-corrected chi connectivity index (χ0v) is 8.61. The number of nitrogens with one attached hydrogen (secondary N) is 1. The molecule has 0 saturated heterocycles. The lowest BCUT2D eigenvalue weighted by atomic mass is 10.2. The minimum Gasteiger partial charge on any atom is -0.317 e. The van der Waals surface area contributed by atoms with Gasteiger partial charge in [0, 0.05) is 6.92 Å². The van der Waals surface area contributed by atoms with Crippen molar-refractivity contribution in [1.82, 2.24) is 5.32 Å². The first-order valence-electron chi connectivity index (χ1n) is 4.18. The Morgan fingerprint density at radius 1 is 1.62 bits per heavy atom. The predicted molar refractivity (Wildman–Crippen MR) is 51.8 cm³/mol. The normalized spacial score (nSPS) is 11.5. The molecule has 0 unspecified atom stereocenters. The average Bonchev–Trinajstić information content (AvgIpc) is 2.09. The summed E-state index contributed by atoms with van der Waals surface area (Å²) in [5.41, 5.74) is 0.169. The summed E-state index contributed by atoms with van der Waals surface area (Å²) < 4.78 is 0. The molecular weight excluding hydrogens is 188 g/mol. The first-order valence-corrected chi connectivity index (χ1v) is 4.56. The standard InChI is InChI=1S/C9H13ClN2O/c1-3-4-5-8(10)9(6-11)12-7(2)13/h3-5H2,1-2H3,(H,12,13)/b9-8-. The summed E-state index contributed by atoms with van der Waals surface area (Å²) in [5, 5.41) is 11.5. The Labute approximate surface area is 83.4 Å². The van der Waals surface area contributed by atoms with Crippen molar-refractivity contribution < 1.29 is 4.79 Å². The van der Waals surface area contributed by atoms with Gasteiger partial charge < -0.3 is 5.32 Å². The Kier molecular flexibility index (Phi) is 5.99. The van der Waals surface area contributed by atoms with Crippen LogP contribution in [0.2, 0.25) is 0 Å². The van der Waals surface area contributed by atoms with E-state index in [0.717, 1.165) is 12.8 Å². The number of nitriles is 1. The van der Waals surface area contributed by atoms with Gasteiger partial charge in [-0.3, -0.25) is 4.79 Å². The summed E-state index contributed by atoms with van der Waals surface area (Å²) in [6.45, 7) is 3.38. The minimum atomic E-state index is -0.272. The van der Waals surface area contributed by atoms with Crippen LogP contribution in [0.15, 0.2) is 10.7 Å². The lowest BCUT2D eigenvalue weighted by molar-refractivity contribution is -0.118. The Hall–Kier alpha value is -1.01. The second-order valence-corrected chi connectivity index (χ2v) is 3.13. The number of hydrogen-bond donors (Lipinski definition) is 1. The van der Waals surface area contributed by atoms with E-state index in [1.807, 2.05) is 13.0 Å². The number of hydrogen-bond acceptors (Lipinski definition) is 2. The Balaban J connectivity index is 4.33. The first kappa shape index (κ1) is 12.0. The highest BCUT2D eigenvalue weighted by Gasteiger charge is 2.04. The quantitative estimate of drug-likeness (QED) is 0.708. The van der Waals surface area contributed by atoms with Crippen LogP contribution in [-0.2, 0) is 4.79 Å². The second kappa shape index (κ2) is 6.50. The molecule has 0 aromatic heterocycles. The molecule has 0 aliphatic rings. The molecule has 0 radical (unpaired) electrons. The SMILES string of the molecule is CCCC/C(Cl)=C(\C#N)NC(C)=O. The minimum absolute atomic E-state index is 0.169. The van der Waals surface area contributed by atoms with Crippen LogP contribution in [0.3, 0.4) is 0 Å². The van der Waals surface area contributed by atoms with Crippen molar-refractivity contribution >= 4 is 17.5 Å². The van der Waals surface area contributed by atoms with Gasteiger partial charge in [-0.25, -0.2) is 0 Å². The van der Waals surface area contributed by atoms with Crippen molar-refractivity contribution in [3.05, 3.63) is 10.7 Å². The van der Waals surface area contributed by atoms with E-state index >= 15 is 0 Å². The van der Waals surface area contributed by atoms with E-state index in [4.69, 9.17) is 16.9 Å². The number of carbonyl (C=O) groups excluding carboxylic acids is 1. The molecule has 0 fully saturated rings. The number of nitrogens with zero attached hydrogens (tertiary/aromatic N) is 1. The molecule has 0 aliphatic heterocycles. The summed E-state index contributed by atoms with van der Waals surface area (Å²) in [5.74, 6) is -0.272. The average molecular weight is 201 g/mol. The Morgan fingerprint density at radius 3 is 2.62 bits per heavy atom. The van der Waals surface area contributed by atoms with Gasteiger partial charge in [-0.05, 0) is 12.8 Å². The molecule has 0 spiro atoms. The van der Waals surface area contributed by atoms with E-state index in [1.54, 1.807) is 0 Å². The second-order valence-electron chi connectivity index (χ2n) is 2.68. The van der Waals surface area contributed by atoms with Crippen molar-refractivity contribution in [2.24, 2.45) is 0 Å². The van der Waals surface area contributed by atoms with Gasteiger partial charge in [0.05, 0.1) is 5.03 Å². The molecule has 0 aromatic rings. The van der Waals surface area contributed by atoms with Gasteiger partial charge in [0.15, 0.2) is 0 Å². The lowest BCUT2D eigenvalue weighted by Gasteiger charge is -2.02. The molecule has 0 rings (SSSR count). The van der Waals surface area contributed by atoms with Gasteiger partial charge in [0.25, 0.3) is 0 Å². The number of amides is 1. The summed E-state index contributed by atoms with van der Waals surface area (Å²) in [7, 11) is 0. The van der Waals surface area contributed by atoms with Gasteiger partial charge in [0.2, 0.25) is 5.91 Å². The number of unbranched alkanes of at least 4 members (excludes halogenated alkanes) is 1. The topological polar surface area (TPSA) is 52.9 Å². The molecule has 1 N–H and O–H groups in total. The van der Waals surface area contributed by atoms with Crippen LogP contribution in [0.4, 0.5) is 0 Å². The lowest BCUT2D eigenvalue weighted by Crippen LogP contribution is -2.19. The van der Waals surface area contributed by atoms with E-state index in [9.17, 15) is 4.79 Å². The number of allylic oxidation sites excluding steroid dienone is 2. The van der Waals surface area contributed by atoms with Crippen LogP contribution in [0.1, 0.15) is 33.1 Å². The monoisotopic (exact) mass is 200 g/mol. The third-order valence-corrected chi connectivity index (χ3v) is 1.81. The highest BCUT2D eigenvalue weighted by atomic mass is 35.5. The van der Waals surface area contributed by atoms with Crippen molar-refractivity contribution in [2.45, 2.75) is 33.1 Å². The van der Waals surface area contributed by atoms with E-state index in [-0.39, 0.29) is 11.6 Å². The summed E-state index contributed by atoms with van der Waals surface area (Å²) >= 11 is 5.81. The highest BCUT2D eigenvalue weighted by molar-refractivity contribution is 6.30. The molecule has 0 aromatic carbocycles. The van der Waals surface area contributed by atoms with Gasteiger partial charge in [-0.1, -0.05) is 24.9 Å². The molecule has 0 aliphatic carbocycles. The molecule has 72 valence electrons. The smallest absolute Gasteiger partial charge is 0.221 e. The molecule has 0 heterocycles. The highest BCUT2D eigenvalue weighted by Crippen LogP contribution is 2.14. The van der Waals surface area contributed by atoms with E-state index in [2.05, 4.69) is 5.32 Å². The van der Waals surface area contributed by atoms with Crippen LogP contribution in [0.5, 0.6) is 0 Å². The summed E-state index contributed by atoms with van der Waals surface area (Å²) in [6.07, 6.45) is 2.57. The maximum absolute atomic E-state index is 10.6. The van der Waals surface area contributed by atoms with E-state index in [0.29, 0.717) is 11.5 Å². The molecule has 3 nitrogen and oxygen atoms in total. The Bertz CT molecular complexity index is 253. The fourth-order valence-corrected chi connectivity index (χ4v) is 1.01. The van der Waals surface area contributed by atoms with E-state index < -0.39 is 0 Å². The predicted octanol–water partition coefficient (Wildman–Crippen LogP) is 2.29. The van der Waals surface area contributed by atoms with Gasteiger partial charge >= 0.3 is 0 Å². The molecular formula is C9H13ClN2O. The molecule has 0 saturated carbocycles. The van der Waals surface area contributed by atoms with Crippen LogP contribution in [0, 0.1) is 11.3 Å². The van der Waals surface area contributed by atoms with Crippen molar-refractivity contribution in [3.63, 3.8) is 0 Å². The number of halogens is 1. The zero-order chi connectivity index (χ0) is 10.3. The van der Waals surface area contributed by atoms with E-state index in [1.165, 1.54) is 6.92 Å².